The van der Waals surface area contributed by atoms with Crippen LogP contribution in [0.25, 0.3) is 0 Å². The lowest BCUT2D eigenvalue weighted by molar-refractivity contribution is 0.591. The summed E-state index contributed by atoms with van der Waals surface area (Å²) in [4.78, 5) is 0. The molecule has 3 nitrogen and oxygen atoms in total. The van der Waals surface area contributed by atoms with Gasteiger partial charge in [-0.05, 0) is 19.3 Å². The van der Waals surface area contributed by atoms with Crippen molar-refractivity contribution in [3.8, 4) is 0 Å². The SMILES string of the molecule is BrCCCSc1nnc2n1CCCCC2. The minimum Gasteiger partial charge on any atom is -0.306 e. The Bertz CT molecular complexity index is 314. The molecule has 84 valence electrons. The Morgan fingerprint density at radius 2 is 2.20 bits per heavy atom. The number of hydrogen-bond acceptors (Lipinski definition) is 3. The quantitative estimate of drug-likeness (QED) is 0.485. The van der Waals surface area contributed by atoms with Gasteiger partial charge in [0.05, 0.1) is 0 Å². The van der Waals surface area contributed by atoms with E-state index in [1.165, 1.54) is 31.5 Å². The van der Waals surface area contributed by atoms with E-state index in [9.17, 15) is 0 Å². The van der Waals surface area contributed by atoms with Crippen molar-refractivity contribution < 1.29 is 0 Å². The van der Waals surface area contributed by atoms with Gasteiger partial charge in [-0.15, -0.1) is 10.2 Å². The maximum absolute atomic E-state index is 4.28. The summed E-state index contributed by atoms with van der Waals surface area (Å²) in [7, 11) is 0. The Morgan fingerprint density at radius 1 is 1.27 bits per heavy atom. The molecule has 0 spiro atoms. The van der Waals surface area contributed by atoms with E-state index in [4.69, 9.17) is 0 Å². The molecule has 0 N–H and O–H groups in total. The predicted octanol–water partition coefficient (Wildman–Crippen LogP) is 2.88. The second-order valence-electron chi connectivity index (χ2n) is 3.75. The van der Waals surface area contributed by atoms with Gasteiger partial charge in [0.2, 0.25) is 0 Å². The third-order valence-electron chi connectivity index (χ3n) is 2.58. The lowest BCUT2D eigenvalue weighted by Gasteiger charge is -2.05. The van der Waals surface area contributed by atoms with Crippen molar-refractivity contribution in [2.75, 3.05) is 11.1 Å². The van der Waals surface area contributed by atoms with Crippen LogP contribution >= 0.6 is 27.7 Å². The largest absolute Gasteiger partial charge is 0.306 e. The van der Waals surface area contributed by atoms with E-state index in [2.05, 4.69) is 30.7 Å². The van der Waals surface area contributed by atoms with Crippen molar-refractivity contribution in [2.45, 2.75) is 43.8 Å². The van der Waals surface area contributed by atoms with Crippen LogP contribution in [0.4, 0.5) is 0 Å². The zero-order chi connectivity index (χ0) is 10.5. The van der Waals surface area contributed by atoms with Crippen LogP contribution in [0.15, 0.2) is 5.16 Å². The molecule has 1 aliphatic rings. The number of nitrogens with zero attached hydrogens (tertiary/aromatic N) is 3. The van der Waals surface area contributed by atoms with Crippen LogP contribution < -0.4 is 0 Å². The summed E-state index contributed by atoms with van der Waals surface area (Å²) in [6.45, 7) is 1.11. The van der Waals surface area contributed by atoms with Gasteiger partial charge < -0.3 is 4.57 Å². The Labute approximate surface area is 103 Å². The molecule has 1 aromatic heterocycles. The number of fused-ring (bicyclic) bond motifs is 1. The molecule has 0 amide bonds. The van der Waals surface area contributed by atoms with E-state index in [1.807, 2.05) is 11.8 Å². The molecule has 0 saturated heterocycles. The second kappa shape index (κ2) is 5.89. The Kier molecular flexibility index (Phi) is 4.50. The summed E-state index contributed by atoms with van der Waals surface area (Å²) in [5.41, 5.74) is 0. The molecule has 15 heavy (non-hydrogen) atoms. The minimum atomic E-state index is 1.07. The topological polar surface area (TPSA) is 30.7 Å². The van der Waals surface area contributed by atoms with Gasteiger partial charge in [-0.3, -0.25) is 0 Å². The van der Waals surface area contributed by atoms with E-state index in [1.54, 1.807) is 0 Å². The lowest BCUT2D eigenvalue weighted by atomic mass is 10.2. The van der Waals surface area contributed by atoms with Crippen LogP contribution in [-0.4, -0.2) is 25.8 Å². The Morgan fingerprint density at radius 3 is 3.07 bits per heavy atom. The molecule has 0 fully saturated rings. The van der Waals surface area contributed by atoms with Crippen LogP contribution in [-0.2, 0) is 13.0 Å². The molecule has 5 heteroatoms. The summed E-state index contributed by atoms with van der Waals surface area (Å²) in [5.74, 6) is 2.32. The molecule has 0 aromatic carbocycles. The van der Waals surface area contributed by atoms with Gasteiger partial charge in [0.15, 0.2) is 5.16 Å². The van der Waals surface area contributed by atoms with Gasteiger partial charge in [0.25, 0.3) is 0 Å². The molecule has 0 atom stereocenters. The van der Waals surface area contributed by atoms with Crippen molar-refractivity contribution in [1.29, 1.82) is 0 Å². The van der Waals surface area contributed by atoms with Crippen molar-refractivity contribution in [3.63, 3.8) is 0 Å². The van der Waals surface area contributed by atoms with Gasteiger partial charge in [-0.2, -0.15) is 0 Å². The standard InChI is InChI=1S/C10H16BrN3S/c11-6-4-8-15-10-13-12-9-5-2-1-3-7-14(9)10/h1-8H2. The van der Waals surface area contributed by atoms with E-state index < -0.39 is 0 Å². The number of halogens is 1. The molecule has 2 rings (SSSR count). The molecule has 1 aliphatic heterocycles. The molecule has 0 aliphatic carbocycles. The molecule has 0 radical (unpaired) electrons. The van der Waals surface area contributed by atoms with Crippen molar-refractivity contribution in [3.05, 3.63) is 5.82 Å². The fraction of sp³-hybridized carbons (Fsp3) is 0.800. The average molecular weight is 290 g/mol. The Hall–Kier alpha value is -0.0300. The molecule has 2 heterocycles. The van der Waals surface area contributed by atoms with E-state index in [0.717, 1.165) is 29.2 Å². The van der Waals surface area contributed by atoms with Gasteiger partial charge in [0.1, 0.15) is 5.82 Å². The van der Waals surface area contributed by atoms with E-state index >= 15 is 0 Å². The first-order valence-electron chi connectivity index (χ1n) is 5.52. The summed E-state index contributed by atoms with van der Waals surface area (Å²) in [6.07, 6.45) is 6.16. The highest BCUT2D eigenvalue weighted by Crippen LogP contribution is 2.22. The first-order valence-corrected chi connectivity index (χ1v) is 7.63. The lowest BCUT2D eigenvalue weighted by Crippen LogP contribution is -2.02. The second-order valence-corrected chi connectivity index (χ2v) is 5.61. The maximum atomic E-state index is 4.28. The smallest absolute Gasteiger partial charge is 0.191 e. The monoisotopic (exact) mass is 289 g/mol. The zero-order valence-electron chi connectivity index (χ0n) is 8.78. The van der Waals surface area contributed by atoms with Crippen LogP contribution in [0.5, 0.6) is 0 Å². The average Bonchev–Trinajstić information content (AvgIpc) is 2.50. The van der Waals surface area contributed by atoms with Gasteiger partial charge in [-0.25, -0.2) is 0 Å². The number of alkyl halides is 1. The number of aromatic nitrogens is 3. The van der Waals surface area contributed by atoms with Gasteiger partial charge in [-0.1, -0.05) is 34.1 Å². The number of rotatable bonds is 4. The van der Waals surface area contributed by atoms with Crippen LogP contribution in [0.1, 0.15) is 31.5 Å². The minimum absolute atomic E-state index is 1.07. The molecule has 0 bridgehead atoms. The van der Waals surface area contributed by atoms with E-state index in [-0.39, 0.29) is 0 Å². The van der Waals surface area contributed by atoms with Gasteiger partial charge >= 0.3 is 0 Å². The molecule has 0 unspecified atom stereocenters. The maximum Gasteiger partial charge on any atom is 0.191 e. The first kappa shape index (κ1) is 11.5. The molecule has 0 saturated carbocycles. The van der Waals surface area contributed by atoms with Crippen molar-refractivity contribution in [1.82, 2.24) is 14.8 Å². The Balaban J connectivity index is 2.01. The molecule has 1 aromatic rings. The summed E-state index contributed by atoms with van der Waals surface area (Å²) in [5, 5.41) is 10.7. The normalized spacial score (nSPS) is 16.1. The highest BCUT2D eigenvalue weighted by atomic mass is 79.9. The van der Waals surface area contributed by atoms with Crippen LogP contribution in [0, 0.1) is 0 Å². The molecular weight excluding hydrogens is 274 g/mol. The fourth-order valence-corrected chi connectivity index (χ4v) is 3.36. The predicted molar refractivity (Wildman–Crippen MR) is 66.7 cm³/mol. The third-order valence-corrected chi connectivity index (χ3v) is 4.20. The zero-order valence-corrected chi connectivity index (χ0v) is 11.2. The van der Waals surface area contributed by atoms with Crippen molar-refractivity contribution in [2.24, 2.45) is 0 Å². The van der Waals surface area contributed by atoms with Crippen LogP contribution in [0.3, 0.4) is 0 Å². The highest BCUT2D eigenvalue weighted by Gasteiger charge is 2.14. The van der Waals surface area contributed by atoms with E-state index in [0.29, 0.717) is 0 Å². The summed E-state index contributed by atoms with van der Waals surface area (Å²) < 4.78 is 2.31. The first-order chi connectivity index (χ1) is 7.42. The summed E-state index contributed by atoms with van der Waals surface area (Å²) in [6, 6.07) is 0. The van der Waals surface area contributed by atoms with Crippen LogP contribution in [0.2, 0.25) is 0 Å². The highest BCUT2D eigenvalue weighted by molar-refractivity contribution is 9.09. The number of aryl methyl sites for hydroxylation is 1. The third kappa shape index (κ3) is 2.97. The number of hydrogen-bond donors (Lipinski definition) is 0. The van der Waals surface area contributed by atoms with Gasteiger partial charge in [0, 0.05) is 24.0 Å². The number of thioether (sulfide) groups is 1. The fourth-order valence-electron chi connectivity index (χ4n) is 1.78. The van der Waals surface area contributed by atoms with Crippen molar-refractivity contribution >= 4 is 27.7 Å². The molecular formula is C10H16BrN3S. The summed E-state index contributed by atoms with van der Waals surface area (Å²) >= 11 is 5.28.